The molecule has 5 aliphatic rings. The molecule has 8 heteroatoms. The molecule has 4 atom stereocenters. The minimum absolute atomic E-state index is 0.0173. The van der Waals surface area contributed by atoms with Crippen LogP contribution in [-0.4, -0.2) is 41.7 Å². The van der Waals surface area contributed by atoms with Crippen LogP contribution in [-0.2, 0) is 17.1 Å². The van der Waals surface area contributed by atoms with Gasteiger partial charge in [-0.3, -0.25) is 4.79 Å². The van der Waals surface area contributed by atoms with Crippen LogP contribution in [0.1, 0.15) is 43.7 Å². The van der Waals surface area contributed by atoms with Crippen LogP contribution in [0.4, 0.5) is 26.1 Å². The van der Waals surface area contributed by atoms with Gasteiger partial charge in [0.25, 0.3) is 5.92 Å². The second-order valence-electron chi connectivity index (χ2n) is 9.03. The van der Waals surface area contributed by atoms with Crippen molar-refractivity contribution in [3.8, 4) is 0 Å². The van der Waals surface area contributed by atoms with Gasteiger partial charge in [0.05, 0.1) is 6.57 Å². The zero-order valence-corrected chi connectivity index (χ0v) is 16.4. The van der Waals surface area contributed by atoms with Crippen molar-refractivity contribution >= 4 is 23.3 Å². The lowest BCUT2D eigenvalue weighted by Crippen LogP contribution is -2.56. The number of carboxylic acids is 1. The van der Waals surface area contributed by atoms with Crippen LogP contribution in [0.15, 0.2) is 0 Å². The highest BCUT2D eigenvalue weighted by Gasteiger charge is 2.50. The van der Waals surface area contributed by atoms with E-state index in [-0.39, 0.29) is 54.3 Å². The summed E-state index contributed by atoms with van der Waals surface area (Å²) in [6.45, 7) is 11.7. The summed E-state index contributed by atoms with van der Waals surface area (Å²) in [7, 11) is 0. The summed E-state index contributed by atoms with van der Waals surface area (Å²) in [6, 6.07) is 0.193. The highest BCUT2D eigenvalue weighted by molar-refractivity contribution is 5.79. The number of anilines is 2. The third-order valence-corrected chi connectivity index (χ3v) is 7.43. The second-order valence-corrected chi connectivity index (χ2v) is 9.03. The molecule has 6 rings (SSSR count). The van der Waals surface area contributed by atoms with Gasteiger partial charge in [-0.2, -0.15) is 0 Å². The molecule has 2 aliphatic carbocycles. The predicted molar refractivity (Wildman–Crippen MR) is 104 cm³/mol. The lowest BCUT2D eigenvalue weighted by atomic mass is 9.60. The Labute approximate surface area is 168 Å². The minimum atomic E-state index is -3.00. The summed E-state index contributed by atoms with van der Waals surface area (Å²) < 4.78 is 29.6. The Morgan fingerprint density at radius 1 is 1.34 bits per heavy atom. The van der Waals surface area contributed by atoms with Crippen LogP contribution in [0.5, 0.6) is 0 Å². The average Bonchev–Trinajstić information content (AvgIpc) is 3.00. The number of hydrogen-bond donors (Lipinski definition) is 1. The molecule has 1 aromatic rings. The average molecular weight is 402 g/mol. The Hall–Kier alpha value is -2.43. The van der Waals surface area contributed by atoms with Gasteiger partial charge in [0.1, 0.15) is 11.6 Å². The number of carboxylic acid groups (broad SMARTS) is 1. The van der Waals surface area contributed by atoms with Gasteiger partial charge in [-0.05, 0) is 49.5 Å². The van der Waals surface area contributed by atoms with Crippen molar-refractivity contribution in [2.45, 2.75) is 51.0 Å². The van der Waals surface area contributed by atoms with E-state index < -0.39 is 11.9 Å². The molecule has 1 aromatic heterocycles. The van der Waals surface area contributed by atoms with E-state index in [9.17, 15) is 13.6 Å². The first-order chi connectivity index (χ1) is 13.8. The van der Waals surface area contributed by atoms with Gasteiger partial charge in [0, 0.05) is 44.1 Å². The zero-order valence-electron chi connectivity index (χ0n) is 16.4. The largest absolute Gasteiger partial charge is 0.481 e. The van der Waals surface area contributed by atoms with E-state index in [1.54, 1.807) is 0 Å². The first kappa shape index (κ1) is 18.6. The van der Waals surface area contributed by atoms with E-state index >= 15 is 0 Å². The Morgan fingerprint density at radius 3 is 2.62 bits per heavy atom. The minimum Gasteiger partial charge on any atom is -0.481 e. The smallest absolute Gasteiger partial charge is 0.303 e. The van der Waals surface area contributed by atoms with E-state index in [1.807, 2.05) is 11.8 Å². The molecule has 0 radical (unpaired) electrons. The third kappa shape index (κ3) is 2.70. The van der Waals surface area contributed by atoms with Crippen molar-refractivity contribution < 1.29 is 18.7 Å². The normalized spacial score (nSPS) is 31.5. The fourth-order valence-corrected chi connectivity index (χ4v) is 5.72. The molecule has 0 spiro atoms. The zero-order chi connectivity index (χ0) is 20.5. The first-order valence-electron chi connectivity index (χ1n) is 10.4. The number of carbonyl (C=O) groups is 1. The molecule has 2 bridgehead atoms. The molecule has 6 nitrogen and oxygen atoms in total. The van der Waals surface area contributed by atoms with Crippen LogP contribution in [0.3, 0.4) is 0 Å². The number of fused-ring (bicyclic) bond motifs is 3. The fraction of sp³-hybridized carbons (Fsp3) is 0.667. The van der Waals surface area contributed by atoms with E-state index in [4.69, 9.17) is 16.7 Å². The van der Waals surface area contributed by atoms with Crippen LogP contribution in [0.2, 0.25) is 0 Å². The monoisotopic (exact) mass is 402 g/mol. The highest BCUT2D eigenvalue weighted by Crippen LogP contribution is 2.55. The lowest BCUT2D eigenvalue weighted by molar-refractivity contribution is -0.141. The molecule has 3 saturated heterocycles. The number of alkyl halides is 2. The number of piperidine rings is 2. The molecule has 0 amide bonds. The van der Waals surface area contributed by atoms with Gasteiger partial charge >= 0.3 is 5.97 Å². The number of aromatic nitrogens is 1. The molecular weight excluding hydrogens is 378 g/mol. The van der Waals surface area contributed by atoms with Crippen molar-refractivity contribution in [3.63, 3.8) is 0 Å². The van der Waals surface area contributed by atoms with Crippen molar-refractivity contribution in [1.29, 1.82) is 0 Å². The Morgan fingerprint density at radius 2 is 2.07 bits per heavy atom. The number of halogens is 2. The number of pyridine rings is 1. The fourth-order valence-electron chi connectivity index (χ4n) is 5.72. The van der Waals surface area contributed by atoms with Crippen LogP contribution in [0, 0.1) is 24.3 Å². The maximum atomic E-state index is 14.8. The summed E-state index contributed by atoms with van der Waals surface area (Å²) >= 11 is 0. The van der Waals surface area contributed by atoms with Crippen molar-refractivity contribution in [2.75, 3.05) is 29.4 Å². The van der Waals surface area contributed by atoms with Crippen molar-refractivity contribution in [1.82, 2.24) is 4.98 Å². The molecule has 1 N–H and O–H groups in total. The summed E-state index contributed by atoms with van der Waals surface area (Å²) in [5, 5.41) is 9.14. The van der Waals surface area contributed by atoms with Gasteiger partial charge in [-0.25, -0.2) is 18.6 Å². The van der Waals surface area contributed by atoms with E-state index in [0.29, 0.717) is 30.3 Å². The summed E-state index contributed by atoms with van der Waals surface area (Å²) in [5.74, 6) is -2.05. The third-order valence-electron chi connectivity index (χ3n) is 7.43. The van der Waals surface area contributed by atoms with E-state index in [1.165, 1.54) is 0 Å². The second kappa shape index (κ2) is 6.28. The maximum absolute atomic E-state index is 14.8. The maximum Gasteiger partial charge on any atom is 0.303 e. The van der Waals surface area contributed by atoms with Crippen molar-refractivity contribution in [3.05, 3.63) is 22.5 Å². The Kier molecular flexibility index (Phi) is 4.03. The molecule has 154 valence electrons. The predicted octanol–water partition coefficient (Wildman–Crippen LogP) is 3.82. The summed E-state index contributed by atoms with van der Waals surface area (Å²) in [5.41, 5.74) is 0.422. The number of hydrogen-bond acceptors (Lipinski definition) is 4. The van der Waals surface area contributed by atoms with Gasteiger partial charge in [-0.15, -0.1) is 0 Å². The topological polar surface area (TPSA) is 61.0 Å². The van der Waals surface area contributed by atoms with E-state index in [2.05, 4.69) is 9.74 Å². The van der Waals surface area contributed by atoms with E-state index in [0.717, 1.165) is 19.4 Å². The molecular formula is C21H24F2N4O2. The molecule has 1 unspecified atom stereocenters. The molecule has 0 aromatic carbocycles. The van der Waals surface area contributed by atoms with Crippen LogP contribution >= 0.6 is 0 Å². The molecule has 29 heavy (non-hydrogen) atoms. The standard InChI is InChI=1S/C21H24F2N4O2/c1-11-4-6-27(11)20-18(24-2)17-14(3-5-21(17,22)23)19(25-20)26-9-12-7-13(10-26)15(12)8-16(28)29/h11-13,15H,3-10H2,1H3,(H,28,29)/t11-,12-,13+,15?/m0/s1. The highest BCUT2D eigenvalue weighted by atomic mass is 19.3. The molecule has 3 aliphatic heterocycles. The number of aliphatic carboxylic acids is 1. The van der Waals surface area contributed by atoms with Gasteiger partial charge < -0.3 is 14.9 Å². The van der Waals surface area contributed by atoms with Gasteiger partial charge in [-0.1, -0.05) is 0 Å². The summed E-state index contributed by atoms with van der Waals surface area (Å²) in [4.78, 5) is 23.5. The van der Waals surface area contributed by atoms with Gasteiger partial charge in [0.15, 0.2) is 0 Å². The van der Waals surface area contributed by atoms with Crippen molar-refractivity contribution in [2.24, 2.45) is 17.8 Å². The number of nitrogens with zero attached hydrogens (tertiary/aromatic N) is 4. The Balaban J connectivity index is 1.55. The quantitative estimate of drug-likeness (QED) is 0.776. The first-order valence-corrected chi connectivity index (χ1v) is 10.4. The van der Waals surface area contributed by atoms with Crippen LogP contribution in [0.25, 0.3) is 4.85 Å². The Bertz CT molecular complexity index is 916. The number of rotatable bonds is 4. The molecule has 1 saturated carbocycles. The molecule has 4 heterocycles. The molecule has 4 fully saturated rings. The van der Waals surface area contributed by atoms with Gasteiger partial charge in [0.2, 0.25) is 5.69 Å². The summed E-state index contributed by atoms with van der Waals surface area (Å²) in [6.07, 6.45) is 2.10. The SMILES string of the molecule is [C-]#[N+]c1c(N2CC[C@@H]2C)nc(N2C[C@H]3C[C@@H](C2)C3CC(=O)O)c2c1C(F)(F)CC2. The lowest BCUT2D eigenvalue weighted by Gasteiger charge is -2.54. The van der Waals surface area contributed by atoms with Crippen LogP contribution < -0.4 is 9.80 Å².